The second-order valence-corrected chi connectivity index (χ2v) is 7.47. The van der Waals surface area contributed by atoms with Crippen LogP contribution >= 0.6 is 22.7 Å². The Hall–Kier alpha value is -1.20. The zero-order valence-electron chi connectivity index (χ0n) is 11.0. The quantitative estimate of drug-likeness (QED) is 0.912. The number of hydrogen-bond donors (Lipinski definition) is 1. The molecule has 1 amide bonds. The molecule has 0 aliphatic heterocycles. The lowest BCUT2D eigenvalue weighted by atomic mass is 9.93. The molecule has 5 heteroatoms. The minimum atomic E-state index is -0.0442. The number of thiazole rings is 1. The summed E-state index contributed by atoms with van der Waals surface area (Å²) < 4.78 is 0. The molecular formula is C14H16N2OS2. The maximum absolute atomic E-state index is 12.1. The van der Waals surface area contributed by atoms with Gasteiger partial charge in [-0.2, -0.15) is 0 Å². The number of thiophene rings is 1. The highest BCUT2D eigenvalue weighted by molar-refractivity contribution is 7.16. The van der Waals surface area contributed by atoms with Crippen LogP contribution in [0.2, 0.25) is 0 Å². The van der Waals surface area contributed by atoms with Gasteiger partial charge >= 0.3 is 0 Å². The summed E-state index contributed by atoms with van der Waals surface area (Å²) in [6, 6.07) is 3.83. The second-order valence-electron chi connectivity index (χ2n) is 5.10. The van der Waals surface area contributed by atoms with E-state index in [9.17, 15) is 4.79 Å². The van der Waals surface area contributed by atoms with Gasteiger partial charge in [0.15, 0.2) is 5.13 Å². The summed E-state index contributed by atoms with van der Waals surface area (Å²) in [4.78, 5) is 19.9. The molecule has 3 nitrogen and oxygen atoms in total. The first-order valence-electron chi connectivity index (χ1n) is 6.48. The van der Waals surface area contributed by atoms with Crippen LogP contribution < -0.4 is 5.32 Å². The SMILES string of the molecule is Cc1ccc(C(=O)Nc2nc3c(s2)C[C@@H](C)CC3)s1. The van der Waals surface area contributed by atoms with Crippen LogP contribution in [-0.4, -0.2) is 10.9 Å². The van der Waals surface area contributed by atoms with Gasteiger partial charge in [0.05, 0.1) is 10.6 Å². The molecule has 0 saturated carbocycles. The molecule has 1 aliphatic carbocycles. The minimum absolute atomic E-state index is 0.0442. The van der Waals surface area contributed by atoms with Gasteiger partial charge in [-0.3, -0.25) is 10.1 Å². The molecule has 19 heavy (non-hydrogen) atoms. The fourth-order valence-electron chi connectivity index (χ4n) is 2.31. The highest BCUT2D eigenvalue weighted by Gasteiger charge is 2.20. The Balaban J connectivity index is 1.75. The van der Waals surface area contributed by atoms with Crippen molar-refractivity contribution in [3.05, 3.63) is 32.5 Å². The van der Waals surface area contributed by atoms with Crippen LogP contribution in [0.4, 0.5) is 5.13 Å². The van der Waals surface area contributed by atoms with Gasteiger partial charge in [0, 0.05) is 9.75 Å². The Kier molecular flexibility index (Phi) is 3.41. The molecule has 1 aliphatic rings. The van der Waals surface area contributed by atoms with Gasteiger partial charge in [0.2, 0.25) is 0 Å². The molecule has 1 atom stereocenters. The van der Waals surface area contributed by atoms with Crippen molar-refractivity contribution in [1.82, 2.24) is 4.98 Å². The zero-order chi connectivity index (χ0) is 13.4. The standard InChI is InChI=1S/C14H16N2OS2/c1-8-3-5-10-12(7-8)19-14(15-10)16-13(17)11-6-4-9(2)18-11/h4,6,8H,3,5,7H2,1-2H3,(H,15,16,17)/t8-/m0/s1. The molecule has 3 rings (SSSR count). The molecule has 2 aromatic heterocycles. The first-order valence-corrected chi connectivity index (χ1v) is 8.11. The average Bonchev–Trinajstić information content (AvgIpc) is 2.94. The van der Waals surface area contributed by atoms with Gasteiger partial charge < -0.3 is 0 Å². The Morgan fingerprint density at radius 2 is 2.26 bits per heavy atom. The van der Waals surface area contributed by atoms with Crippen LogP contribution in [0.15, 0.2) is 12.1 Å². The van der Waals surface area contributed by atoms with E-state index in [0.717, 1.165) is 33.6 Å². The van der Waals surface area contributed by atoms with Crippen LogP contribution in [-0.2, 0) is 12.8 Å². The lowest BCUT2D eigenvalue weighted by molar-refractivity contribution is 0.103. The number of nitrogens with zero attached hydrogens (tertiary/aromatic N) is 1. The Morgan fingerprint density at radius 3 is 3.00 bits per heavy atom. The number of aryl methyl sites for hydroxylation is 2. The highest BCUT2D eigenvalue weighted by Crippen LogP contribution is 2.32. The van der Waals surface area contributed by atoms with Crippen molar-refractivity contribution >= 4 is 33.7 Å². The molecule has 100 valence electrons. The Labute approximate surface area is 120 Å². The van der Waals surface area contributed by atoms with Crippen molar-refractivity contribution in [2.24, 2.45) is 5.92 Å². The van der Waals surface area contributed by atoms with E-state index in [-0.39, 0.29) is 5.91 Å². The number of anilines is 1. The summed E-state index contributed by atoms with van der Waals surface area (Å²) >= 11 is 3.15. The zero-order valence-corrected chi connectivity index (χ0v) is 12.7. The average molecular weight is 292 g/mol. The van der Waals surface area contributed by atoms with Crippen molar-refractivity contribution in [1.29, 1.82) is 0 Å². The van der Waals surface area contributed by atoms with Crippen LogP contribution in [0.3, 0.4) is 0 Å². The van der Waals surface area contributed by atoms with Crippen molar-refractivity contribution in [3.63, 3.8) is 0 Å². The van der Waals surface area contributed by atoms with Gasteiger partial charge in [-0.05, 0) is 44.2 Å². The van der Waals surface area contributed by atoms with Gasteiger partial charge in [-0.25, -0.2) is 4.98 Å². The molecule has 0 unspecified atom stereocenters. The third-order valence-corrected chi connectivity index (χ3v) is 5.41. The summed E-state index contributed by atoms with van der Waals surface area (Å²) in [5.74, 6) is 0.689. The van der Waals surface area contributed by atoms with E-state index < -0.39 is 0 Å². The molecular weight excluding hydrogens is 276 g/mol. The first kappa shape index (κ1) is 12.8. The number of rotatable bonds is 2. The molecule has 0 aromatic carbocycles. The number of nitrogens with one attached hydrogen (secondary N) is 1. The molecule has 0 fully saturated rings. The summed E-state index contributed by atoms with van der Waals surface area (Å²) in [6.07, 6.45) is 3.34. The monoisotopic (exact) mass is 292 g/mol. The molecule has 2 heterocycles. The predicted octanol–water partition coefficient (Wildman–Crippen LogP) is 3.89. The topological polar surface area (TPSA) is 42.0 Å². The van der Waals surface area contributed by atoms with E-state index in [1.165, 1.54) is 28.3 Å². The largest absolute Gasteiger partial charge is 0.297 e. The van der Waals surface area contributed by atoms with Gasteiger partial charge in [-0.15, -0.1) is 22.7 Å². The summed E-state index contributed by atoms with van der Waals surface area (Å²) in [6.45, 7) is 4.28. The van der Waals surface area contributed by atoms with Crippen LogP contribution in [0.25, 0.3) is 0 Å². The van der Waals surface area contributed by atoms with E-state index in [1.54, 1.807) is 11.3 Å². The van der Waals surface area contributed by atoms with E-state index in [1.807, 2.05) is 19.1 Å². The van der Waals surface area contributed by atoms with Crippen LogP contribution in [0, 0.1) is 12.8 Å². The Bertz CT molecular complexity index is 615. The third-order valence-electron chi connectivity index (χ3n) is 3.37. The summed E-state index contributed by atoms with van der Waals surface area (Å²) in [5, 5.41) is 3.67. The van der Waals surface area contributed by atoms with Crippen LogP contribution in [0.1, 0.15) is 38.5 Å². The maximum Gasteiger partial charge on any atom is 0.267 e. The maximum atomic E-state index is 12.1. The van der Waals surface area contributed by atoms with Gasteiger partial charge in [0.1, 0.15) is 0 Å². The number of amides is 1. The predicted molar refractivity (Wildman–Crippen MR) is 80.3 cm³/mol. The molecule has 0 saturated heterocycles. The summed E-state index contributed by atoms with van der Waals surface area (Å²) in [5.41, 5.74) is 1.18. The molecule has 0 bridgehead atoms. The third kappa shape index (κ3) is 2.72. The number of carbonyl (C=O) groups is 1. The number of carbonyl (C=O) groups excluding carboxylic acids is 1. The smallest absolute Gasteiger partial charge is 0.267 e. The van der Waals surface area contributed by atoms with Crippen LogP contribution in [0.5, 0.6) is 0 Å². The van der Waals surface area contributed by atoms with E-state index in [0.29, 0.717) is 0 Å². The second kappa shape index (κ2) is 5.06. The lowest BCUT2D eigenvalue weighted by Crippen LogP contribution is -2.10. The van der Waals surface area contributed by atoms with Crippen molar-refractivity contribution in [2.75, 3.05) is 5.32 Å². The number of hydrogen-bond acceptors (Lipinski definition) is 4. The molecule has 0 radical (unpaired) electrons. The highest BCUT2D eigenvalue weighted by atomic mass is 32.1. The normalized spacial score (nSPS) is 18.1. The van der Waals surface area contributed by atoms with E-state index >= 15 is 0 Å². The van der Waals surface area contributed by atoms with E-state index in [4.69, 9.17) is 0 Å². The summed E-state index contributed by atoms with van der Waals surface area (Å²) in [7, 11) is 0. The van der Waals surface area contributed by atoms with Gasteiger partial charge in [0.25, 0.3) is 5.91 Å². The fourth-order valence-corrected chi connectivity index (χ4v) is 4.24. The van der Waals surface area contributed by atoms with Gasteiger partial charge in [-0.1, -0.05) is 6.92 Å². The van der Waals surface area contributed by atoms with Crippen molar-refractivity contribution in [3.8, 4) is 0 Å². The number of aromatic nitrogens is 1. The molecule has 0 spiro atoms. The fraction of sp³-hybridized carbons (Fsp3) is 0.429. The molecule has 1 N–H and O–H groups in total. The van der Waals surface area contributed by atoms with Crippen molar-refractivity contribution in [2.45, 2.75) is 33.1 Å². The molecule has 2 aromatic rings. The van der Waals surface area contributed by atoms with E-state index in [2.05, 4.69) is 17.2 Å². The minimum Gasteiger partial charge on any atom is -0.297 e. The lowest BCUT2D eigenvalue weighted by Gasteiger charge is -2.15. The number of fused-ring (bicyclic) bond motifs is 1. The Morgan fingerprint density at radius 1 is 1.42 bits per heavy atom. The van der Waals surface area contributed by atoms with Crippen molar-refractivity contribution < 1.29 is 4.79 Å². The first-order chi connectivity index (χ1) is 9.11.